The normalized spacial score (nSPS) is 12.4. The fraction of sp³-hybridized carbons (Fsp3) is 0.200. The molecule has 4 nitrogen and oxygen atoms in total. The first-order valence-electron chi connectivity index (χ1n) is 4.67. The minimum atomic E-state index is -4.68. The van der Waals surface area contributed by atoms with E-state index in [4.69, 9.17) is 11.5 Å². The lowest BCUT2D eigenvalue weighted by Gasteiger charge is -2.09. The van der Waals surface area contributed by atoms with E-state index in [1.54, 1.807) is 0 Å². The molecule has 0 aliphatic heterocycles. The van der Waals surface area contributed by atoms with Gasteiger partial charge in [0.05, 0.1) is 0 Å². The maximum absolute atomic E-state index is 11.9. The third-order valence-electron chi connectivity index (χ3n) is 1.75. The van der Waals surface area contributed by atoms with Crippen molar-refractivity contribution in [1.82, 2.24) is 0 Å². The topological polar surface area (TPSA) is 73.3 Å². The highest BCUT2D eigenvalue weighted by molar-refractivity contribution is 5.48. The number of anilines is 1. The summed E-state index contributed by atoms with van der Waals surface area (Å²) in [6.45, 7) is 0.197. The molecule has 0 aromatic heterocycles. The molecule has 0 aliphatic carbocycles. The molecule has 0 radical (unpaired) electrons. The monoisotopic (exact) mass is 247 g/mol. The summed E-state index contributed by atoms with van der Waals surface area (Å²) in [5, 5.41) is 2.78. The summed E-state index contributed by atoms with van der Waals surface area (Å²) < 4.78 is 39.3. The number of hydrogen-bond acceptors (Lipinski definition) is 4. The van der Waals surface area contributed by atoms with Gasteiger partial charge in [-0.3, -0.25) is 0 Å². The minimum Gasteiger partial charge on any atom is -0.406 e. The van der Waals surface area contributed by atoms with Crippen LogP contribution in [0.2, 0.25) is 0 Å². The van der Waals surface area contributed by atoms with Crippen LogP contribution in [0.1, 0.15) is 0 Å². The standard InChI is InChI=1S/C10H12F3N3O/c11-10(12,13)17-9-3-1-8(2-4-9)16-6-7(15)5-14/h1-4,6,16H,5,14-15H2/b7-6-. The molecule has 0 fully saturated rings. The van der Waals surface area contributed by atoms with Gasteiger partial charge in [0.25, 0.3) is 0 Å². The Morgan fingerprint density at radius 1 is 1.29 bits per heavy atom. The second kappa shape index (κ2) is 5.44. The van der Waals surface area contributed by atoms with Crippen molar-refractivity contribution in [1.29, 1.82) is 0 Å². The van der Waals surface area contributed by atoms with E-state index in [0.29, 0.717) is 11.4 Å². The van der Waals surface area contributed by atoms with Crippen molar-refractivity contribution in [2.24, 2.45) is 11.5 Å². The lowest BCUT2D eigenvalue weighted by Crippen LogP contribution is -2.17. The van der Waals surface area contributed by atoms with Crippen LogP contribution in [0.25, 0.3) is 0 Å². The molecule has 0 heterocycles. The molecular weight excluding hydrogens is 235 g/mol. The zero-order valence-electron chi connectivity index (χ0n) is 8.79. The van der Waals surface area contributed by atoms with Gasteiger partial charge in [0.1, 0.15) is 5.75 Å². The van der Waals surface area contributed by atoms with Crippen LogP contribution in [0, 0.1) is 0 Å². The van der Waals surface area contributed by atoms with Gasteiger partial charge in [-0.1, -0.05) is 0 Å². The highest BCUT2D eigenvalue weighted by atomic mass is 19.4. The highest BCUT2D eigenvalue weighted by Crippen LogP contribution is 2.23. The molecule has 17 heavy (non-hydrogen) atoms. The molecule has 0 unspecified atom stereocenters. The zero-order chi connectivity index (χ0) is 12.9. The Morgan fingerprint density at radius 3 is 2.35 bits per heavy atom. The van der Waals surface area contributed by atoms with Gasteiger partial charge in [0, 0.05) is 24.1 Å². The number of rotatable bonds is 4. The second-order valence-corrected chi connectivity index (χ2v) is 3.14. The molecule has 1 aromatic carbocycles. The van der Waals surface area contributed by atoms with E-state index in [-0.39, 0.29) is 12.3 Å². The molecule has 5 N–H and O–H groups in total. The Kier molecular flexibility index (Phi) is 4.22. The van der Waals surface area contributed by atoms with Crippen molar-refractivity contribution in [3.63, 3.8) is 0 Å². The molecule has 0 saturated carbocycles. The number of alkyl halides is 3. The van der Waals surface area contributed by atoms with Crippen LogP contribution in [0.5, 0.6) is 5.75 Å². The number of nitrogens with one attached hydrogen (secondary N) is 1. The van der Waals surface area contributed by atoms with Crippen LogP contribution in [-0.4, -0.2) is 12.9 Å². The first kappa shape index (κ1) is 13.2. The molecule has 1 rings (SSSR count). The molecule has 94 valence electrons. The number of ether oxygens (including phenoxy) is 1. The summed E-state index contributed by atoms with van der Waals surface area (Å²) in [5.41, 5.74) is 11.7. The third-order valence-corrected chi connectivity index (χ3v) is 1.75. The van der Waals surface area contributed by atoms with Crippen molar-refractivity contribution < 1.29 is 17.9 Å². The molecular formula is C10H12F3N3O. The summed E-state index contributed by atoms with van der Waals surface area (Å²) >= 11 is 0. The fourth-order valence-electron chi connectivity index (χ4n) is 0.988. The van der Waals surface area contributed by atoms with Crippen molar-refractivity contribution in [3.05, 3.63) is 36.2 Å². The van der Waals surface area contributed by atoms with Gasteiger partial charge < -0.3 is 21.5 Å². The predicted octanol–water partition coefficient (Wildman–Crippen LogP) is 1.76. The molecule has 7 heteroatoms. The van der Waals surface area contributed by atoms with Crippen molar-refractivity contribution in [2.75, 3.05) is 11.9 Å². The Bertz CT molecular complexity index is 387. The summed E-state index contributed by atoms with van der Waals surface area (Å²) in [5.74, 6) is -0.279. The van der Waals surface area contributed by atoms with E-state index in [1.807, 2.05) is 0 Å². The van der Waals surface area contributed by atoms with Gasteiger partial charge in [0.15, 0.2) is 0 Å². The first-order valence-corrected chi connectivity index (χ1v) is 4.67. The SMILES string of the molecule is NC/C(N)=C/Nc1ccc(OC(F)(F)F)cc1. The molecule has 0 saturated heterocycles. The summed E-state index contributed by atoms with van der Waals surface area (Å²) in [4.78, 5) is 0. The Labute approximate surface area is 96.0 Å². The van der Waals surface area contributed by atoms with Crippen molar-refractivity contribution in [3.8, 4) is 5.75 Å². The van der Waals surface area contributed by atoms with E-state index in [9.17, 15) is 13.2 Å². The van der Waals surface area contributed by atoms with Crippen LogP contribution in [-0.2, 0) is 0 Å². The van der Waals surface area contributed by atoms with Gasteiger partial charge in [-0.05, 0) is 24.3 Å². The van der Waals surface area contributed by atoms with E-state index in [0.717, 1.165) is 0 Å². The fourth-order valence-corrected chi connectivity index (χ4v) is 0.988. The van der Waals surface area contributed by atoms with Gasteiger partial charge in [-0.2, -0.15) is 0 Å². The van der Waals surface area contributed by atoms with Crippen LogP contribution in [0.3, 0.4) is 0 Å². The van der Waals surface area contributed by atoms with Crippen LogP contribution in [0.15, 0.2) is 36.2 Å². The molecule has 0 atom stereocenters. The van der Waals surface area contributed by atoms with Crippen LogP contribution >= 0.6 is 0 Å². The van der Waals surface area contributed by atoms with Crippen molar-refractivity contribution >= 4 is 5.69 Å². The van der Waals surface area contributed by atoms with Crippen LogP contribution < -0.4 is 21.5 Å². The molecule has 0 aliphatic rings. The lowest BCUT2D eigenvalue weighted by atomic mass is 10.3. The number of benzene rings is 1. The van der Waals surface area contributed by atoms with E-state index < -0.39 is 6.36 Å². The Hall–Kier alpha value is -1.89. The average molecular weight is 247 g/mol. The second-order valence-electron chi connectivity index (χ2n) is 3.14. The largest absolute Gasteiger partial charge is 0.573 e. The maximum atomic E-state index is 11.9. The first-order chi connectivity index (χ1) is 7.90. The highest BCUT2D eigenvalue weighted by Gasteiger charge is 2.30. The van der Waals surface area contributed by atoms with E-state index in [2.05, 4.69) is 10.1 Å². The number of halogens is 3. The molecule has 0 amide bonds. The van der Waals surface area contributed by atoms with E-state index in [1.165, 1.54) is 30.5 Å². The third kappa shape index (κ3) is 5.12. The van der Waals surface area contributed by atoms with Crippen LogP contribution in [0.4, 0.5) is 18.9 Å². The Morgan fingerprint density at radius 2 is 1.88 bits per heavy atom. The van der Waals surface area contributed by atoms with Crippen molar-refractivity contribution in [2.45, 2.75) is 6.36 Å². The van der Waals surface area contributed by atoms with Gasteiger partial charge >= 0.3 is 6.36 Å². The predicted molar refractivity (Wildman–Crippen MR) is 58.1 cm³/mol. The summed E-state index contributed by atoms with van der Waals surface area (Å²) in [7, 11) is 0. The molecule has 1 aromatic rings. The lowest BCUT2D eigenvalue weighted by molar-refractivity contribution is -0.274. The minimum absolute atomic E-state index is 0.197. The number of nitrogens with two attached hydrogens (primary N) is 2. The van der Waals surface area contributed by atoms with Gasteiger partial charge in [-0.25, -0.2) is 0 Å². The quantitative estimate of drug-likeness (QED) is 0.758. The number of hydrogen-bond donors (Lipinski definition) is 3. The summed E-state index contributed by atoms with van der Waals surface area (Å²) in [6.07, 6.45) is -3.21. The van der Waals surface area contributed by atoms with Gasteiger partial charge in [0.2, 0.25) is 0 Å². The molecule has 0 bridgehead atoms. The molecule has 0 spiro atoms. The summed E-state index contributed by atoms with van der Waals surface area (Å²) in [6, 6.07) is 5.26. The Balaban J connectivity index is 2.62. The smallest absolute Gasteiger partial charge is 0.406 e. The van der Waals surface area contributed by atoms with E-state index >= 15 is 0 Å². The average Bonchev–Trinajstić information content (AvgIpc) is 2.25. The maximum Gasteiger partial charge on any atom is 0.573 e. The zero-order valence-corrected chi connectivity index (χ0v) is 8.79. The van der Waals surface area contributed by atoms with Gasteiger partial charge in [-0.15, -0.1) is 13.2 Å².